The zero-order valence-corrected chi connectivity index (χ0v) is 21.2. The van der Waals surface area contributed by atoms with E-state index in [9.17, 15) is 4.79 Å². The zero-order valence-electron chi connectivity index (χ0n) is 21.2. The first-order chi connectivity index (χ1) is 17.0. The predicted molar refractivity (Wildman–Crippen MR) is 140 cm³/mol. The second-order valence-electron chi connectivity index (χ2n) is 10.1. The Morgan fingerprint density at radius 3 is 2.69 bits per heavy atom. The monoisotopic (exact) mass is 472 g/mol. The lowest BCUT2D eigenvalue weighted by molar-refractivity contribution is -0.125. The molecule has 0 saturated carbocycles. The van der Waals surface area contributed by atoms with Crippen molar-refractivity contribution < 1.29 is 4.79 Å². The number of piperidine rings is 1. The summed E-state index contributed by atoms with van der Waals surface area (Å²) in [6.07, 6.45) is 10.1. The molecule has 5 rings (SSSR count). The van der Waals surface area contributed by atoms with E-state index in [-0.39, 0.29) is 11.8 Å². The van der Waals surface area contributed by atoms with Crippen LogP contribution in [0, 0.1) is 26.7 Å². The van der Waals surface area contributed by atoms with Crippen molar-refractivity contribution in [3.63, 3.8) is 0 Å². The summed E-state index contributed by atoms with van der Waals surface area (Å²) in [5, 5.41) is 18.3. The lowest BCUT2D eigenvalue weighted by Crippen LogP contribution is -2.43. The topological polar surface area (TPSA) is 75.9 Å². The molecule has 1 aliphatic carbocycles. The standard InChI is InChI=1S/C28H36N6O/c1-19-11-13-24(14-12-19)34-21(3)25-20(2)30-31-27(26(25)32-34)33-17-7-10-23(18-33)28(35)29-16-15-22-8-5-4-6-9-22/h8,11-14,23H,4-7,9-10,15-18H2,1-3H3,(H,29,35)/t23-/m0/s1. The Morgan fingerprint density at radius 2 is 1.91 bits per heavy atom. The van der Waals surface area contributed by atoms with Crippen LogP contribution in [0.2, 0.25) is 0 Å². The van der Waals surface area contributed by atoms with Gasteiger partial charge in [0.1, 0.15) is 5.52 Å². The van der Waals surface area contributed by atoms with Gasteiger partial charge in [0.05, 0.1) is 28.4 Å². The number of carbonyl (C=O) groups is 1. The molecule has 1 atom stereocenters. The van der Waals surface area contributed by atoms with E-state index in [0.29, 0.717) is 6.54 Å². The van der Waals surface area contributed by atoms with Crippen molar-refractivity contribution in [1.82, 2.24) is 25.3 Å². The summed E-state index contributed by atoms with van der Waals surface area (Å²) in [5.74, 6) is 0.899. The van der Waals surface area contributed by atoms with Gasteiger partial charge < -0.3 is 10.2 Å². The molecule has 1 fully saturated rings. The molecule has 0 unspecified atom stereocenters. The molecule has 1 N–H and O–H groups in total. The third-order valence-corrected chi connectivity index (χ3v) is 7.49. The quantitative estimate of drug-likeness (QED) is 0.513. The molecule has 3 heterocycles. The third-order valence-electron chi connectivity index (χ3n) is 7.49. The van der Waals surface area contributed by atoms with Crippen LogP contribution in [0.5, 0.6) is 0 Å². The smallest absolute Gasteiger partial charge is 0.224 e. The number of nitrogens with zero attached hydrogens (tertiary/aromatic N) is 5. The van der Waals surface area contributed by atoms with Crippen LogP contribution in [0.1, 0.15) is 61.9 Å². The summed E-state index contributed by atoms with van der Waals surface area (Å²) >= 11 is 0. The van der Waals surface area contributed by atoms with Crippen LogP contribution >= 0.6 is 0 Å². The van der Waals surface area contributed by atoms with E-state index in [0.717, 1.165) is 66.1 Å². The van der Waals surface area contributed by atoms with Crippen molar-refractivity contribution in [1.29, 1.82) is 0 Å². The number of amides is 1. The fraction of sp³-hybridized carbons (Fsp3) is 0.500. The highest BCUT2D eigenvalue weighted by atomic mass is 16.1. The number of nitrogens with one attached hydrogen (secondary N) is 1. The molecule has 7 nitrogen and oxygen atoms in total. The minimum atomic E-state index is -0.0393. The molecule has 0 spiro atoms. The molecule has 1 aliphatic heterocycles. The van der Waals surface area contributed by atoms with Crippen molar-refractivity contribution in [3.8, 4) is 5.69 Å². The summed E-state index contributed by atoms with van der Waals surface area (Å²) in [6.45, 7) is 8.40. The van der Waals surface area contributed by atoms with Gasteiger partial charge in [0, 0.05) is 19.6 Å². The lowest BCUT2D eigenvalue weighted by Gasteiger charge is -2.32. The fourth-order valence-electron chi connectivity index (χ4n) is 5.47. The molecule has 1 aromatic carbocycles. The molecule has 0 radical (unpaired) electrons. The van der Waals surface area contributed by atoms with Crippen molar-refractivity contribution in [3.05, 3.63) is 52.9 Å². The maximum absolute atomic E-state index is 13.0. The second-order valence-corrected chi connectivity index (χ2v) is 10.1. The van der Waals surface area contributed by atoms with E-state index in [1.54, 1.807) is 0 Å². The Kier molecular flexibility index (Phi) is 6.84. The van der Waals surface area contributed by atoms with Gasteiger partial charge in [-0.2, -0.15) is 10.2 Å². The summed E-state index contributed by atoms with van der Waals surface area (Å²) in [6, 6.07) is 8.39. The van der Waals surface area contributed by atoms with Crippen molar-refractivity contribution in [2.24, 2.45) is 5.92 Å². The van der Waals surface area contributed by atoms with Crippen LogP contribution in [-0.4, -0.2) is 45.5 Å². The number of anilines is 1. The van der Waals surface area contributed by atoms with E-state index in [2.05, 4.69) is 64.6 Å². The van der Waals surface area contributed by atoms with Crippen LogP contribution in [0.15, 0.2) is 35.9 Å². The van der Waals surface area contributed by atoms with E-state index >= 15 is 0 Å². The van der Waals surface area contributed by atoms with Crippen molar-refractivity contribution >= 4 is 22.6 Å². The molecular weight excluding hydrogens is 436 g/mol. The molecule has 3 aromatic rings. The number of hydrogen-bond donors (Lipinski definition) is 1. The maximum Gasteiger partial charge on any atom is 0.224 e. The normalized spacial score (nSPS) is 18.5. The Bertz CT molecular complexity index is 1240. The average molecular weight is 473 g/mol. The van der Waals surface area contributed by atoms with Gasteiger partial charge in [-0.25, -0.2) is 4.68 Å². The molecule has 1 amide bonds. The molecule has 35 heavy (non-hydrogen) atoms. The van der Waals surface area contributed by atoms with Crippen LogP contribution in [0.4, 0.5) is 5.82 Å². The van der Waals surface area contributed by atoms with Gasteiger partial charge >= 0.3 is 0 Å². The van der Waals surface area contributed by atoms with Gasteiger partial charge in [-0.3, -0.25) is 4.79 Å². The Morgan fingerprint density at radius 1 is 1.09 bits per heavy atom. The lowest BCUT2D eigenvalue weighted by atomic mass is 9.96. The largest absolute Gasteiger partial charge is 0.355 e. The number of hydrogen-bond acceptors (Lipinski definition) is 5. The molecular formula is C28H36N6O. The fourth-order valence-corrected chi connectivity index (χ4v) is 5.47. The number of rotatable bonds is 6. The molecule has 7 heteroatoms. The van der Waals surface area contributed by atoms with Gasteiger partial charge in [-0.1, -0.05) is 29.3 Å². The number of aryl methyl sites for hydroxylation is 3. The Hall–Kier alpha value is -3.22. The van der Waals surface area contributed by atoms with Gasteiger partial charge in [0.25, 0.3) is 0 Å². The SMILES string of the molecule is Cc1ccc(-n2nc3c(N4CCC[C@H](C(=O)NCCC5=CCCCC5)C4)nnc(C)c3c2C)cc1. The summed E-state index contributed by atoms with van der Waals surface area (Å²) in [4.78, 5) is 15.2. The minimum absolute atomic E-state index is 0.0393. The van der Waals surface area contributed by atoms with E-state index in [4.69, 9.17) is 5.10 Å². The number of allylic oxidation sites excluding steroid dienone is 1. The predicted octanol–water partition coefficient (Wildman–Crippen LogP) is 4.96. The highest BCUT2D eigenvalue weighted by Gasteiger charge is 2.29. The van der Waals surface area contributed by atoms with Crippen molar-refractivity contribution in [2.75, 3.05) is 24.5 Å². The molecule has 1 saturated heterocycles. The van der Waals surface area contributed by atoms with Gasteiger partial charge in [-0.15, -0.1) is 5.10 Å². The molecule has 0 bridgehead atoms. The molecule has 2 aromatic heterocycles. The number of fused-ring (bicyclic) bond motifs is 1. The van der Waals surface area contributed by atoms with Crippen LogP contribution in [-0.2, 0) is 4.79 Å². The van der Waals surface area contributed by atoms with Crippen LogP contribution in [0.25, 0.3) is 16.6 Å². The summed E-state index contributed by atoms with van der Waals surface area (Å²) in [7, 11) is 0. The Labute approximate surface area is 207 Å². The highest BCUT2D eigenvalue weighted by Crippen LogP contribution is 2.31. The number of aromatic nitrogens is 4. The van der Waals surface area contributed by atoms with E-state index in [1.807, 2.05) is 11.6 Å². The van der Waals surface area contributed by atoms with E-state index in [1.165, 1.54) is 36.8 Å². The summed E-state index contributed by atoms with van der Waals surface area (Å²) in [5.41, 5.74) is 6.54. The first-order valence-corrected chi connectivity index (χ1v) is 13.0. The molecule has 2 aliphatic rings. The number of benzene rings is 1. The van der Waals surface area contributed by atoms with Crippen LogP contribution < -0.4 is 10.2 Å². The third kappa shape index (κ3) is 4.95. The first kappa shape index (κ1) is 23.5. The second kappa shape index (κ2) is 10.2. The molecule has 184 valence electrons. The van der Waals surface area contributed by atoms with Crippen molar-refractivity contribution in [2.45, 2.75) is 65.7 Å². The Balaban J connectivity index is 1.34. The van der Waals surface area contributed by atoms with Crippen LogP contribution in [0.3, 0.4) is 0 Å². The maximum atomic E-state index is 13.0. The zero-order chi connectivity index (χ0) is 24.4. The van der Waals surface area contributed by atoms with Gasteiger partial charge in [0.2, 0.25) is 5.91 Å². The highest BCUT2D eigenvalue weighted by molar-refractivity contribution is 5.92. The van der Waals surface area contributed by atoms with E-state index < -0.39 is 0 Å². The van der Waals surface area contributed by atoms with Gasteiger partial charge in [-0.05, 0) is 77.8 Å². The minimum Gasteiger partial charge on any atom is -0.355 e. The number of carbonyl (C=O) groups excluding carboxylic acids is 1. The first-order valence-electron chi connectivity index (χ1n) is 13.0. The van der Waals surface area contributed by atoms with Gasteiger partial charge in [0.15, 0.2) is 5.82 Å². The summed E-state index contributed by atoms with van der Waals surface area (Å²) < 4.78 is 1.98. The average Bonchev–Trinajstić information content (AvgIpc) is 3.23.